The third-order valence-corrected chi connectivity index (χ3v) is 3.64. The highest BCUT2D eigenvalue weighted by molar-refractivity contribution is 5.90. The van der Waals surface area contributed by atoms with Gasteiger partial charge in [0, 0.05) is 12.3 Å². The molecule has 0 radical (unpaired) electrons. The lowest BCUT2D eigenvalue weighted by atomic mass is 9.83. The molecule has 1 aliphatic carbocycles. The third kappa shape index (κ3) is 4.67. The second-order valence-corrected chi connectivity index (χ2v) is 5.19. The predicted octanol–water partition coefficient (Wildman–Crippen LogP) is 3.09. The summed E-state index contributed by atoms with van der Waals surface area (Å²) >= 11 is 0. The molecule has 4 nitrogen and oxygen atoms in total. The zero-order chi connectivity index (χ0) is 14.2. The third-order valence-electron chi connectivity index (χ3n) is 3.64. The van der Waals surface area contributed by atoms with Crippen LogP contribution in [0, 0.1) is 17.2 Å². The van der Waals surface area contributed by atoms with Gasteiger partial charge in [-0.2, -0.15) is 5.26 Å². The van der Waals surface area contributed by atoms with Crippen molar-refractivity contribution in [1.29, 1.82) is 5.26 Å². The van der Waals surface area contributed by atoms with Crippen LogP contribution >= 0.6 is 0 Å². The molecule has 106 valence electrons. The van der Waals surface area contributed by atoms with Crippen molar-refractivity contribution in [2.24, 2.45) is 5.92 Å². The monoisotopic (exact) mass is 272 g/mol. The lowest BCUT2D eigenvalue weighted by molar-refractivity contribution is -0.117. The highest BCUT2D eigenvalue weighted by Gasteiger charge is 2.16. The van der Waals surface area contributed by atoms with Crippen LogP contribution in [0.3, 0.4) is 0 Å². The predicted molar refractivity (Wildman–Crippen MR) is 77.2 cm³/mol. The van der Waals surface area contributed by atoms with Crippen molar-refractivity contribution in [3.63, 3.8) is 0 Å². The fourth-order valence-electron chi connectivity index (χ4n) is 2.19. The molecule has 4 heteroatoms. The highest BCUT2D eigenvalue weighted by atomic mass is 16.5. The van der Waals surface area contributed by atoms with Crippen molar-refractivity contribution in [2.75, 3.05) is 18.5 Å². The second kappa shape index (κ2) is 7.66. The van der Waals surface area contributed by atoms with Crippen LogP contribution in [0.15, 0.2) is 24.3 Å². The van der Waals surface area contributed by atoms with Crippen LogP contribution in [0.5, 0.6) is 0 Å². The summed E-state index contributed by atoms with van der Waals surface area (Å²) in [5, 5.41) is 11.6. The molecular formula is C16H20N2O2. The molecule has 1 N–H and O–H groups in total. The SMILES string of the molecule is N#Cc1cccc(NC(=O)CCOCCC2CCC2)c1. The number of rotatable bonds is 7. The quantitative estimate of drug-likeness (QED) is 0.776. The van der Waals surface area contributed by atoms with E-state index < -0.39 is 0 Å². The summed E-state index contributed by atoms with van der Waals surface area (Å²) in [5.74, 6) is 0.765. The van der Waals surface area contributed by atoms with Crippen molar-refractivity contribution >= 4 is 11.6 Å². The summed E-state index contributed by atoms with van der Waals surface area (Å²) in [6, 6.07) is 8.94. The Morgan fingerprint density at radius 3 is 2.95 bits per heavy atom. The zero-order valence-corrected chi connectivity index (χ0v) is 11.6. The van der Waals surface area contributed by atoms with Gasteiger partial charge in [0.2, 0.25) is 5.91 Å². The maximum Gasteiger partial charge on any atom is 0.226 e. The van der Waals surface area contributed by atoms with E-state index in [1.54, 1.807) is 24.3 Å². The number of nitrogens with zero attached hydrogens (tertiary/aromatic N) is 1. The fraction of sp³-hybridized carbons (Fsp3) is 0.500. The number of carbonyl (C=O) groups is 1. The number of anilines is 1. The first-order chi connectivity index (χ1) is 9.78. The molecule has 1 amide bonds. The van der Waals surface area contributed by atoms with Crippen LogP contribution in [0.4, 0.5) is 5.69 Å². The van der Waals surface area contributed by atoms with Gasteiger partial charge >= 0.3 is 0 Å². The smallest absolute Gasteiger partial charge is 0.226 e. The van der Waals surface area contributed by atoms with Gasteiger partial charge in [-0.3, -0.25) is 4.79 Å². The first-order valence-electron chi connectivity index (χ1n) is 7.15. The number of hydrogen-bond acceptors (Lipinski definition) is 3. The van der Waals surface area contributed by atoms with Crippen LogP contribution < -0.4 is 5.32 Å². The molecule has 2 rings (SSSR count). The summed E-state index contributed by atoms with van der Waals surface area (Å²) < 4.78 is 5.48. The maximum absolute atomic E-state index is 11.7. The Bertz CT molecular complexity index is 489. The number of hydrogen-bond donors (Lipinski definition) is 1. The van der Waals surface area contributed by atoms with Gasteiger partial charge < -0.3 is 10.1 Å². The van der Waals surface area contributed by atoms with E-state index in [1.165, 1.54) is 19.3 Å². The van der Waals surface area contributed by atoms with Gasteiger partial charge in [0.15, 0.2) is 0 Å². The summed E-state index contributed by atoms with van der Waals surface area (Å²) in [6.07, 6.45) is 5.49. The maximum atomic E-state index is 11.7. The molecule has 0 heterocycles. The van der Waals surface area contributed by atoms with E-state index in [0.717, 1.165) is 18.9 Å². The molecule has 1 fully saturated rings. The van der Waals surface area contributed by atoms with E-state index in [4.69, 9.17) is 10.00 Å². The lowest BCUT2D eigenvalue weighted by Gasteiger charge is -2.24. The molecule has 20 heavy (non-hydrogen) atoms. The van der Waals surface area contributed by atoms with E-state index in [9.17, 15) is 4.79 Å². The number of amides is 1. The molecule has 1 aliphatic rings. The summed E-state index contributed by atoms with van der Waals surface area (Å²) in [4.78, 5) is 11.7. The molecule has 0 saturated heterocycles. The highest BCUT2D eigenvalue weighted by Crippen LogP contribution is 2.29. The lowest BCUT2D eigenvalue weighted by Crippen LogP contribution is -2.16. The van der Waals surface area contributed by atoms with Crippen LogP contribution in [0.1, 0.15) is 37.7 Å². The zero-order valence-electron chi connectivity index (χ0n) is 11.6. The van der Waals surface area contributed by atoms with Gasteiger partial charge in [0.1, 0.15) is 0 Å². The first kappa shape index (κ1) is 14.5. The molecule has 0 aliphatic heterocycles. The van der Waals surface area contributed by atoms with Crippen molar-refractivity contribution in [1.82, 2.24) is 0 Å². The molecule has 1 aromatic rings. The molecule has 0 spiro atoms. The van der Waals surface area contributed by atoms with E-state index in [-0.39, 0.29) is 5.91 Å². The largest absolute Gasteiger partial charge is 0.381 e. The van der Waals surface area contributed by atoms with Crippen LogP contribution in [0.25, 0.3) is 0 Å². The van der Waals surface area contributed by atoms with Crippen molar-refractivity contribution in [2.45, 2.75) is 32.1 Å². The Balaban J connectivity index is 1.60. The first-order valence-corrected chi connectivity index (χ1v) is 7.15. The minimum atomic E-state index is -0.0799. The standard InChI is InChI=1S/C16H20N2O2/c17-12-14-5-2-6-15(11-14)18-16(19)8-10-20-9-7-13-3-1-4-13/h2,5-6,11,13H,1,3-4,7-10H2,(H,18,19). The van der Waals surface area contributed by atoms with Crippen LogP contribution in [-0.4, -0.2) is 19.1 Å². The molecule has 0 unspecified atom stereocenters. The van der Waals surface area contributed by atoms with Gasteiger partial charge in [-0.05, 0) is 30.5 Å². The van der Waals surface area contributed by atoms with E-state index in [2.05, 4.69) is 5.32 Å². The fourth-order valence-corrected chi connectivity index (χ4v) is 2.19. The Labute approximate surface area is 119 Å². The molecule has 0 atom stereocenters. The summed E-state index contributed by atoms with van der Waals surface area (Å²) in [6.45, 7) is 1.21. The summed E-state index contributed by atoms with van der Waals surface area (Å²) in [7, 11) is 0. The second-order valence-electron chi connectivity index (χ2n) is 5.19. The van der Waals surface area contributed by atoms with E-state index >= 15 is 0 Å². The topological polar surface area (TPSA) is 62.1 Å². The minimum absolute atomic E-state index is 0.0799. The Kier molecular flexibility index (Phi) is 5.57. The molecule has 0 aromatic heterocycles. The average molecular weight is 272 g/mol. The summed E-state index contributed by atoms with van der Waals surface area (Å²) in [5.41, 5.74) is 1.20. The molecular weight excluding hydrogens is 252 g/mol. The van der Waals surface area contributed by atoms with Gasteiger partial charge in [-0.25, -0.2) is 0 Å². The van der Waals surface area contributed by atoms with Gasteiger partial charge in [0.05, 0.1) is 24.7 Å². The van der Waals surface area contributed by atoms with Gasteiger partial charge in [-0.15, -0.1) is 0 Å². The van der Waals surface area contributed by atoms with Gasteiger partial charge in [0.25, 0.3) is 0 Å². The van der Waals surface area contributed by atoms with Crippen molar-refractivity contribution in [3.05, 3.63) is 29.8 Å². The van der Waals surface area contributed by atoms with Crippen LogP contribution in [-0.2, 0) is 9.53 Å². The number of benzene rings is 1. The number of nitriles is 1. The van der Waals surface area contributed by atoms with E-state index in [0.29, 0.717) is 24.3 Å². The van der Waals surface area contributed by atoms with Crippen molar-refractivity contribution in [3.8, 4) is 6.07 Å². The Morgan fingerprint density at radius 1 is 1.40 bits per heavy atom. The Morgan fingerprint density at radius 2 is 2.25 bits per heavy atom. The number of ether oxygens (including phenoxy) is 1. The molecule has 1 aromatic carbocycles. The molecule has 1 saturated carbocycles. The number of carbonyl (C=O) groups excluding carboxylic acids is 1. The molecule has 0 bridgehead atoms. The van der Waals surface area contributed by atoms with E-state index in [1.807, 2.05) is 6.07 Å². The minimum Gasteiger partial charge on any atom is -0.381 e. The van der Waals surface area contributed by atoms with Crippen molar-refractivity contribution < 1.29 is 9.53 Å². The average Bonchev–Trinajstić information content (AvgIpc) is 2.41. The Hall–Kier alpha value is -1.86. The van der Waals surface area contributed by atoms with Crippen LogP contribution in [0.2, 0.25) is 0 Å². The number of nitrogens with one attached hydrogen (secondary N) is 1. The normalized spacial score (nSPS) is 14.3. The van der Waals surface area contributed by atoms with Gasteiger partial charge in [-0.1, -0.05) is 25.3 Å².